The topological polar surface area (TPSA) is 49.3 Å². The molecule has 0 rings (SSSR count). The first kappa shape index (κ1) is 10.7. The van der Waals surface area contributed by atoms with Crippen molar-refractivity contribution in [2.24, 2.45) is 5.92 Å². The monoisotopic (exact) mass is 179 g/mol. The molecule has 0 saturated carbocycles. The van der Waals surface area contributed by atoms with E-state index in [-0.39, 0.29) is 11.8 Å². The number of aliphatic hydroxyl groups is 1. The number of halogens is 1. The van der Waals surface area contributed by atoms with E-state index in [4.69, 9.17) is 16.7 Å². The first-order chi connectivity index (χ1) is 5.07. The average molecular weight is 180 g/mol. The standard InChI is InChI=1S/C7H14ClNO2/c1-5(3-8)7(11)9-4-6(2)10/h5-6,10H,3-4H2,1-2H3,(H,9,11)/t5?,6-/m0/s1. The molecule has 0 radical (unpaired) electrons. The van der Waals surface area contributed by atoms with Gasteiger partial charge in [-0.2, -0.15) is 0 Å². The van der Waals surface area contributed by atoms with Gasteiger partial charge in [-0.25, -0.2) is 0 Å². The maximum absolute atomic E-state index is 11.0. The smallest absolute Gasteiger partial charge is 0.224 e. The van der Waals surface area contributed by atoms with E-state index in [0.29, 0.717) is 12.4 Å². The SMILES string of the molecule is CC(CCl)C(=O)NC[C@H](C)O. The van der Waals surface area contributed by atoms with Crippen LogP contribution < -0.4 is 5.32 Å². The molecule has 0 aliphatic rings. The summed E-state index contributed by atoms with van der Waals surface area (Å²) < 4.78 is 0. The zero-order valence-corrected chi connectivity index (χ0v) is 7.56. The number of amides is 1. The van der Waals surface area contributed by atoms with Crippen LogP contribution in [0.5, 0.6) is 0 Å². The second kappa shape index (κ2) is 5.38. The molecule has 66 valence electrons. The molecule has 1 amide bonds. The molecule has 0 aliphatic heterocycles. The largest absolute Gasteiger partial charge is 0.392 e. The van der Waals surface area contributed by atoms with Gasteiger partial charge >= 0.3 is 0 Å². The highest BCUT2D eigenvalue weighted by Crippen LogP contribution is 1.96. The minimum atomic E-state index is -0.499. The van der Waals surface area contributed by atoms with Crippen molar-refractivity contribution < 1.29 is 9.90 Å². The first-order valence-corrected chi connectivity index (χ1v) is 4.13. The molecule has 0 heterocycles. The first-order valence-electron chi connectivity index (χ1n) is 3.59. The second-order valence-corrected chi connectivity index (χ2v) is 2.96. The third-order valence-electron chi connectivity index (χ3n) is 1.25. The Morgan fingerprint density at radius 1 is 1.64 bits per heavy atom. The number of carbonyl (C=O) groups excluding carboxylic acids is 1. The number of nitrogens with one attached hydrogen (secondary N) is 1. The summed E-state index contributed by atoms with van der Waals surface area (Å²) in [5.74, 6) is 0.0161. The van der Waals surface area contributed by atoms with Crippen LogP contribution in [-0.4, -0.2) is 29.5 Å². The Kier molecular flexibility index (Phi) is 5.24. The van der Waals surface area contributed by atoms with Crippen LogP contribution in [0.4, 0.5) is 0 Å². The Morgan fingerprint density at radius 2 is 2.18 bits per heavy atom. The van der Waals surface area contributed by atoms with Gasteiger partial charge in [-0.05, 0) is 6.92 Å². The van der Waals surface area contributed by atoms with E-state index >= 15 is 0 Å². The summed E-state index contributed by atoms with van der Waals surface area (Å²) in [6, 6.07) is 0. The zero-order chi connectivity index (χ0) is 8.85. The Bertz CT molecular complexity index is 128. The van der Waals surface area contributed by atoms with Crippen molar-refractivity contribution in [2.45, 2.75) is 20.0 Å². The lowest BCUT2D eigenvalue weighted by Gasteiger charge is -2.09. The highest BCUT2D eigenvalue weighted by molar-refractivity contribution is 6.19. The molecule has 0 saturated heterocycles. The van der Waals surface area contributed by atoms with E-state index in [1.165, 1.54) is 0 Å². The predicted molar refractivity (Wildman–Crippen MR) is 44.6 cm³/mol. The van der Waals surface area contributed by atoms with Crippen LogP contribution in [0.3, 0.4) is 0 Å². The lowest BCUT2D eigenvalue weighted by Crippen LogP contribution is -2.34. The summed E-state index contributed by atoms with van der Waals surface area (Å²) >= 11 is 5.44. The summed E-state index contributed by atoms with van der Waals surface area (Å²) in [6.07, 6.45) is -0.499. The molecular formula is C7H14ClNO2. The van der Waals surface area contributed by atoms with Gasteiger partial charge in [0.2, 0.25) is 5.91 Å². The van der Waals surface area contributed by atoms with Gasteiger partial charge in [-0.3, -0.25) is 4.79 Å². The van der Waals surface area contributed by atoms with Gasteiger partial charge in [0.05, 0.1) is 6.10 Å². The van der Waals surface area contributed by atoms with Gasteiger partial charge in [0.15, 0.2) is 0 Å². The predicted octanol–water partition coefficient (Wildman–Crippen LogP) is 0.358. The number of alkyl halides is 1. The molecule has 4 heteroatoms. The zero-order valence-electron chi connectivity index (χ0n) is 6.80. The van der Waals surface area contributed by atoms with Crippen molar-refractivity contribution in [1.82, 2.24) is 5.32 Å². The lowest BCUT2D eigenvalue weighted by molar-refractivity contribution is -0.124. The van der Waals surface area contributed by atoms with Crippen molar-refractivity contribution in [3.63, 3.8) is 0 Å². The Hall–Kier alpha value is -0.280. The highest BCUT2D eigenvalue weighted by atomic mass is 35.5. The third kappa shape index (κ3) is 5.04. The summed E-state index contributed by atoms with van der Waals surface area (Å²) in [7, 11) is 0. The Balaban J connectivity index is 3.52. The lowest BCUT2D eigenvalue weighted by atomic mass is 10.2. The molecule has 0 aromatic rings. The highest BCUT2D eigenvalue weighted by Gasteiger charge is 2.10. The van der Waals surface area contributed by atoms with Gasteiger partial charge in [0.25, 0.3) is 0 Å². The van der Waals surface area contributed by atoms with E-state index in [9.17, 15) is 4.79 Å². The summed E-state index contributed by atoms with van der Waals surface area (Å²) in [6.45, 7) is 3.65. The summed E-state index contributed by atoms with van der Waals surface area (Å²) in [5, 5.41) is 11.4. The van der Waals surface area contributed by atoms with Crippen molar-refractivity contribution >= 4 is 17.5 Å². The van der Waals surface area contributed by atoms with Gasteiger partial charge in [-0.15, -0.1) is 11.6 Å². The molecule has 0 fully saturated rings. The van der Waals surface area contributed by atoms with Gasteiger partial charge in [0.1, 0.15) is 0 Å². The molecule has 0 aromatic carbocycles. The number of aliphatic hydroxyl groups excluding tert-OH is 1. The number of hydrogen-bond acceptors (Lipinski definition) is 2. The van der Waals surface area contributed by atoms with E-state index < -0.39 is 6.10 Å². The fraction of sp³-hybridized carbons (Fsp3) is 0.857. The molecule has 0 bridgehead atoms. The van der Waals surface area contributed by atoms with Crippen LogP contribution in [0.1, 0.15) is 13.8 Å². The fourth-order valence-corrected chi connectivity index (χ4v) is 0.633. The van der Waals surface area contributed by atoms with Gasteiger partial charge in [0, 0.05) is 18.3 Å². The van der Waals surface area contributed by atoms with Crippen molar-refractivity contribution in [3.05, 3.63) is 0 Å². The van der Waals surface area contributed by atoms with E-state index in [1.54, 1.807) is 13.8 Å². The molecule has 2 atom stereocenters. The molecule has 0 aromatic heterocycles. The average Bonchev–Trinajstić information content (AvgIpc) is 1.98. The molecule has 0 aliphatic carbocycles. The molecule has 0 spiro atoms. The van der Waals surface area contributed by atoms with Gasteiger partial charge in [-0.1, -0.05) is 6.92 Å². The van der Waals surface area contributed by atoms with Crippen LogP contribution in [-0.2, 0) is 4.79 Å². The van der Waals surface area contributed by atoms with Crippen LogP contribution in [0.15, 0.2) is 0 Å². The molecule has 3 nitrogen and oxygen atoms in total. The normalized spacial score (nSPS) is 15.6. The van der Waals surface area contributed by atoms with E-state index in [2.05, 4.69) is 5.32 Å². The maximum atomic E-state index is 11.0. The van der Waals surface area contributed by atoms with Crippen LogP contribution in [0.2, 0.25) is 0 Å². The quantitative estimate of drug-likeness (QED) is 0.613. The maximum Gasteiger partial charge on any atom is 0.224 e. The minimum absolute atomic E-state index is 0.110. The van der Waals surface area contributed by atoms with Crippen molar-refractivity contribution in [3.8, 4) is 0 Å². The van der Waals surface area contributed by atoms with Crippen LogP contribution >= 0.6 is 11.6 Å². The minimum Gasteiger partial charge on any atom is -0.392 e. The van der Waals surface area contributed by atoms with E-state index in [0.717, 1.165) is 0 Å². The molecule has 11 heavy (non-hydrogen) atoms. The number of rotatable bonds is 4. The number of hydrogen-bond donors (Lipinski definition) is 2. The van der Waals surface area contributed by atoms with Crippen LogP contribution in [0.25, 0.3) is 0 Å². The molecular weight excluding hydrogens is 166 g/mol. The fourth-order valence-electron chi connectivity index (χ4n) is 0.493. The van der Waals surface area contributed by atoms with Crippen molar-refractivity contribution in [2.75, 3.05) is 12.4 Å². The summed E-state index contributed by atoms with van der Waals surface area (Å²) in [4.78, 5) is 11.0. The number of carbonyl (C=O) groups is 1. The van der Waals surface area contributed by atoms with Crippen molar-refractivity contribution in [1.29, 1.82) is 0 Å². The Morgan fingerprint density at radius 3 is 2.55 bits per heavy atom. The molecule has 1 unspecified atom stereocenters. The molecule has 2 N–H and O–H groups in total. The second-order valence-electron chi connectivity index (χ2n) is 2.65. The summed E-state index contributed by atoms with van der Waals surface area (Å²) in [5.41, 5.74) is 0. The Labute approximate surface area is 71.7 Å². The van der Waals surface area contributed by atoms with E-state index in [1.807, 2.05) is 0 Å². The van der Waals surface area contributed by atoms with Crippen LogP contribution in [0, 0.1) is 5.92 Å². The third-order valence-corrected chi connectivity index (χ3v) is 1.71. The van der Waals surface area contributed by atoms with Gasteiger partial charge < -0.3 is 10.4 Å².